The fraction of sp³-hybridized carbons (Fsp3) is 0.692. The summed E-state index contributed by atoms with van der Waals surface area (Å²) in [5.41, 5.74) is 0.561. The van der Waals surface area contributed by atoms with Crippen molar-refractivity contribution in [2.75, 3.05) is 6.54 Å². The van der Waals surface area contributed by atoms with Crippen molar-refractivity contribution in [3.63, 3.8) is 0 Å². The van der Waals surface area contributed by atoms with Crippen LogP contribution in [0.4, 0.5) is 0 Å². The van der Waals surface area contributed by atoms with Gasteiger partial charge < -0.3 is 5.32 Å². The van der Waals surface area contributed by atoms with Crippen LogP contribution < -0.4 is 5.32 Å². The van der Waals surface area contributed by atoms with Gasteiger partial charge in [-0.25, -0.2) is 0 Å². The number of hydrogen-bond acceptors (Lipinski definition) is 2. The lowest BCUT2D eigenvalue weighted by Gasteiger charge is -2.26. The van der Waals surface area contributed by atoms with E-state index in [0.717, 1.165) is 0 Å². The normalized spacial score (nSPS) is 21.7. The minimum atomic E-state index is 0.516. The molecule has 0 amide bonds. The van der Waals surface area contributed by atoms with E-state index in [1.165, 1.54) is 37.1 Å². The molecule has 1 aliphatic rings. The number of rotatable bonds is 4. The Bertz CT molecular complexity index is 285. The highest BCUT2D eigenvalue weighted by Gasteiger charge is 2.28. The van der Waals surface area contributed by atoms with Crippen molar-refractivity contribution in [2.24, 2.45) is 5.41 Å². The lowest BCUT2D eigenvalue weighted by atomic mass is 9.88. The number of hydrogen-bond donors (Lipinski definition) is 1. The van der Waals surface area contributed by atoms with E-state index >= 15 is 0 Å². The third-order valence-corrected chi connectivity index (χ3v) is 4.67. The van der Waals surface area contributed by atoms with Crippen molar-refractivity contribution in [3.8, 4) is 0 Å². The summed E-state index contributed by atoms with van der Waals surface area (Å²) in [6, 6.07) is 4.87. The highest BCUT2D eigenvalue weighted by atomic mass is 32.1. The Morgan fingerprint density at radius 2 is 2.20 bits per heavy atom. The summed E-state index contributed by atoms with van der Waals surface area (Å²) in [5.74, 6) is 0. The predicted octanol–water partition coefficient (Wildman–Crippen LogP) is 3.98. The summed E-state index contributed by atoms with van der Waals surface area (Å²) in [4.78, 5) is 1.46. The molecule has 1 saturated carbocycles. The monoisotopic (exact) mass is 223 g/mol. The molecule has 1 nitrogen and oxygen atoms in total. The summed E-state index contributed by atoms with van der Waals surface area (Å²) in [5, 5.41) is 5.84. The fourth-order valence-corrected chi connectivity index (χ4v) is 3.20. The molecule has 1 unspecified atom stereocenters. The van der Waals surface area contributed by atoms with Gasteiger partial charge in [-0.15, -0.1) is 11.3 Å². The molecule has 1 aliphatic carbocycles. The molecule has 1 heterocycles. The van der Waals surface area contributed by atoms with Crippen LogP contribution in [0.15, 0.2) is 17.5 Å². The molecule has 0 radical (unpaired) electrons. The van der Waals surface area contributed by atoms with Crippen LogP contribution >= 0.6 is 11.3 Å². The Kier molecular flexibility index (Phi) is 3.47. The van der Waals surface area contributed by atoms with E-state index in [0.29, 0.717) is 11.5 Å². The minimum absolute atomic E-state index is 0.516. The van der Waals surface area contributed by atoms with Crippen LogP contribution in [-0.2, 0) is 0 Å². The van der Waals surface area contributed by atoms with Gasteiger partial charge in [0, 0.05) is 17.5 Å². The molecule has 15 heavy (non-hydrogen) atoms. The quantitative estimate of drug-likeness (QED) is 0.814. The molecule has 2 rings (SSSR count). The van der Waals surface area contributed by atoms with E-state index in [4.69, 9.17) is 0 Å². The van der Waals surface area contributed by atoms with Gasteiger partial charge in [0.15, 0.2) is 0 Å². The Morgan fingerprint density at radius 3 is 2.80 bits per heavy atom. The minimum Gasteiger partial charge on any atom is -0.309 e. The van der Waals surface area contributed by atoms with E-state index in [-0.39, 0.29) is 0 Å². The van der Waals surface area contributed by atoms with E-state index in [2.05, 4.69) is 36.7 Å². The van der Waals surface area contributed by atoms with Gasteiger partial charge in [-0.2, -0.15) is 0 Å². The maximum atomic E-state index is 3.68. The second-order valence-electron chi connectivity index (χ2n) is 5.14. The van der Waals surface area contributed by atoms with Gasteiger partial charge >= 0.3 is 0 Å². The van der Waals surface area contributed by atoms with E-state index in [9.17, 15) is 0 Å². The standard InChI is InChI=1S/C13H21NS/c1-11(12-6-5-9-15-12)14-10-13(2)7-3-4-8-13/h5-6,9,11,14H,3-4,7-8,10H2,1-2H3. The van der Waals surface area contributed by atoms with E-state index in [1.807, 2.05) is 11.3 Å². The van der Waals surface area contributed by atoms with Gasteiger partial charge in [0.1, 0.15) is 0 Å². The van der Waals surface area contributed by atoms with Crippen LogP contribution in [0.3, 0.4) is 0 Å². The molecular formula is C13H21NS. The zero-order valence-electron chi connectivity index (χ0n) is 9.75. The Morgan fingerprint density at radius 1 is 1.47 bits per heavy atom. The first-order chi connectivity index (χ1) is 7.20. The van der Waals surface area contributed by atoms with Gasteiger partial charge in [-0.05, 0) is 36.6 Å². The number of nitrogens with one attached hydrogen (secondary N) is 1. The molecule has 2 heteroatoms. The first-order valence-corrected chi connectivity index (χ1v) is 6.84. The van der Waals surface area contributed by atoms with E-state index in [1.54, 1.807) is 0 Å². The first kappa shape index (κ1) is 11.2. The van der Waals surface area contributed by atoms with Crippen molar-refractivity contribution in [1.82, 2.24) is 5.32 Å². The van der Waals surface area contributed by atoms with Crippen LogP contribution in [0.5, 0.6) is 0 Å². The SMILES string of the molecule is CC(NCC1(C)CCCC1)c1cccs1. The average Bonchev–Trinajstić information content (AvgIpc) is 2.85. The van der Waals surface area contributed by atoms with Crippen LogP contribution in [0, 0.1) is 5.41 Å². The molecule has 1 aromatic heterocycles. The average molecular weight is 223 g/mol. The largest absolute Gasteiger partial charge is 0.309 e. The fourth-order valence-electron chi connectivity index (χ4n) is 2.44. The van der Waals surface area contributed by atoms with Crippen molar-refractivity contribution < 1.29 is 0 Å². The summed E-state index contributed by atoms with van der Waals surface area (Å²) in [6.45, 7) is 5.87. The highest BCUT2D eigenvalue weighted by Crippen LogP contribution is 2.37. The maximum absolute atomic E-state index is 3.68. The summed E-state index contributed by atoms with van der Waals surface area (Å²) in [6.07, 6.45) is 5.64. The molecule has 1 N–H and O–H groups in total. The lowest BCUT2D eigenvalue weighted by Crippen LogP contribution is -2.31. The molecule has 1 atom stereocenters. The van der Waals surface area contributed by atoms with Crippen molar-refractivity contribution in [3.05, 3.63) is 22.4 Å². The third-order valence-electron chi connectivity index (χ3n) is 3.62. The zero-order chi connectivity index (χ0) is 10.7. The lowest BCUT2D eigenvalue weighted by molar-refractivity contribution is 0.302. The predicted molar refractivity (Wildman–Crippen MR) is 67.3 cm³/mol. The molecule has 0 bridgehead atoms. The summed E-state index contributed by atoms with van der Waals surface area (Å²) < 4.78 is 0. The maximum Gasteiger partial charge on any atom is 0.0386 e. The van der Waals surface area contributed by atoms with Gasteiger partial charge in [-0.1, -0.05) is 25.8 Å². The van der Waals surface area contributed by atoms with Gasteiger partial charge in [0.2, 0.25) is 0 Å². The van der Waals surface area contributed by atoms with Crippen LogP contribution in [0.25, 0.3) is 0 Å². The summed E-state index contributed by atoms with van der Waals surface area (Å²) >= 11 is 1.85. The molecule has 1 fully saturated rings. The van der Waals surface area contributed by atoms with Crippen molar-refractivity contribution in [2.45, 2.75) is 45.6 Å². The van der Waals surface area contributed by atoms with Crippen LogP contribution in [0.2, 0.25) is 0 Å². The van der Waals surface area contributed by atoms with Gasteiger partial charge in [0.05, 0.1) is 0 Å². The molecule has 84 valence electrons. The van der Waals surface area contributed by atoms with Gasteiger partial charge in [-0.3, -0.25) is 0 Å². The van der Waals surface area contributed by atoms with Crippen molar-refractivity contribution >= 4 is 11.3 Å². The molecule has 1 aromatic rings. The van der Waals surface area contributed by atoms with Crippen LogP contribution in [0.1, 0.15) is 50.4 Å². The zero-order valence-corrected chi connectivity index (χ0v) is 10.6. The Hall–Kier alpha value is -0.340. The Labute approximate surface area is 96.9 Å². The second-order valence-corrected chi connectivity index (χ2v) is 6.12. The molecule has 0 aromatic carbocycles. The summed E-state index contributed by atoms with van der Waals surface area (Å²) in [7, 11) is 0. The van der Waals surface area contributed by atoms with E-state index < -0.39 is 0 Å². The van der Waals surface area contributed by atoms with Crippen LogP contribution in [-0.4, -0.2) is 6.54 Å². The highest BCUT2D eigenvalue weighted by molar-refractivity contribution is 7.10. The molecule has 0 spiro atoms. The number of thiophene rings is 1. The third kappa shape index (κ3) is 2.82. The molecular weight excluding hydrogens is 202 g/mol. The molecule has 0 saturated heterocycles. The topological polar surface area (TPSA) is 12.0 Å². The smallest absolute Gasteiger partial charge is 0.0386 e. The molecule has 0 aliphatic heterocycles. The first-order valence-electron chi connectivity index (χ1n) is 5.96. The Balaban J connectivity index is 1.83. The van der Waals surface area contributed by atoms with Crippen molar-refractivity contribution in [1.29, 1.82) is 0 Å². The second kappa shape index (κ2) is 4.67. The van der Waals surface area contributed by atoms with Gasteiger partial charge in [0.25, 0.3) is 0 Å².